The van der Waals surface area contributed by atoms with Gasteiger partial charge in [-0.1, -0.05) is 22.0 Å². The van der Waals surface area contributed by atoms with E-state index >= 15 is 0 Å². The molecule has 0 saturated heterocycles. The van der Waals surface area contributed by atoms with E-state index in [1.165, 1.54) is 16.2 Å². The number of halogens is 1. The third-order valence-corrected chi connectivity index (χ3v) is 4.75. The summed E-state index contributed by atoms with van der Waals surface area (Å²) in [7, 11) is 1.50. The van der Waals surface area contributed by atoms with E-state index in [4.69, 9.17) is 0 Å². The summed E-state index contributed by atoms with van der Waals surface area (Å²) in [5, 5.41) is 19.1. The van der Waals surface area contributed by atoms with Crippen LogP contribution in [0.3, 0.4) is 0 Å². The Morgan fingerprint density at radius 1 is 1.32 bits per heavy atom. The Hall–Kier alpha value is -3.47. The second-order valence-corrected chi connectivity index (χ2v) is 6.93. The Balaban J connectivity index is 1.93. The number of aryl methyl sites for hydroxylation is 1. The van der Waals surface area contributed by atoms with E-state index in [9.17, 15) is 14.7 Å². The smallest absolute Gasteiger partial charge is 0.329 e. The fourth-order valence-electron chi connectivity index (χ4n) is 2.93. The predicted molar refractivity (Wildman–Crippen MR) is 108 cm³/mol. The summed E-state index contributed by atoms with van der Waals surface area (Å²) < 4.78 is 3.53. The van der Waals surface area contributed by atoms with Crippen LogP contribution >= 0.6 is 15.9 Å². The monoisotopic (exact) mass is 443 g/mol. The van der Waals surface area contributed by atoms with E-state index in [1.54, 1.807) is 18.2 Å². The van der Waals surface area contributed by atoms with Gasteiger partial charge in [0.1, 0.15) is 0 Å². The number of aromatic nitrogens is 5. The number of aromatic hydroxyl groups is 1. The number of hydrogen-bond donors (Lipinski definition) is 3. The zero-order chi connectivity index (χ0) is 20.0. The third kappa shape index (κ3) is 2.76. The van der Waals surface area contributed by atoms with Gasteiger partial charge in [-0.05, 0) is 18.2 Å². The maximum atomic E-state index is 12.3. The van der Waals surface area contributed by atoms with E-state index in [1.807, 2.05) is 6.07 Å². The number of benzene rings is 1. The van der Waals surface area contributed by atoms with E-state index < -0.39 is 11.2 Å². The first-order valence-corrected chi connectivity index (χ1v) is 8.92. The van der Waals surface area contributed by atoms with Gasteiger partial charge in [0.25, 0.3) is 11.5 Å². The van der Waals surface area contributed by atoms with Crippen molar-refractivity contribution in [2.75, 3.05) is 0 Å². The third-order valence-electron chi connectivity index (χ3n) is 4.25. The fraction of sp³-hybridized carbons (Fsp3) is 0.118. The molecule has 0 spiro atoms. The Bertz CT molecular complexity index is 1390. The lowest BCUT2D eigenvalue weighted by Gasteiger charge is -2.01. The molecule has 11 heteroatoms. The van der Waals surface area contributed by atoms with E-state index in [2.05, 4.69) is 47.7 Å². The summed E-state index contributed by atoms with van der Waals surface area (Å²) in [5.74, 6) is -0.0428. The highest BCUT2D eigenvalue weighted by Gasteiger charge is 2.17. The second kappa shape index (κ2) is 6.60. The van der Waals surface area contributed by atoms with Crippen LogP contribution in [-0.4, -0.2) is 29.2 Å². The summed E-state index contributed by atoms with van der Waals surface area (Å²) in [4.78, 5) is 33.4. The molecule has 142 valence electrons. The van der Waals surface area contributed by atoms with Gasteiger partial charge in [-0.3, -0.25) is 18.9 Å². The highest BCUT2D eigenvalue weighted by Crippen LogP contribution is 2.37. The highest BCUT2D eigenvalue weighted by molar-refractivity contribution is 9.10. The van der Waals surface area contributed by atoms with E-state index in [0.717, 1.165) is 4.47 Å². The number of nitrogens with zero attached hydrogens (tertiary/aromatic N) is 5. The number of fused-ring (bicyclic) bond motifs is 2. The van der Waals surface area contributed by atoms with Crippen LogP contribution in [0.1, 0.15) is 0 Å². The number of azo groups is 1. The molecule has 10 nitrogen and oxygen atoms in total. The van der Waals surface area contributed by atoms with Crippen molar-refractivity contribution in [1.82, 2.24) is 24.1 Å². The molecule has 28 heavy (non-hydrogen) atoms. The van der Waals surface area contributed by atoms with Gasteiger partial charge in [0.05, 0.1) is 5.52 Å². The maximum Gasteiger partial charge on any atom is 0.329 e. The minimum Gasteiger partial charge on any atom is -0.493 e. The summed E-state index contributed by atoms with van der Waals surface area (Å²) >= 11 is 3.38. The van der Waals surface area contributed by atoms with Crippen molar-refractivity contribution in [3.63, 3.8) is 0 Å². The molecule has 0 aliphatic carbocycles. The van der Waals surface area contributed by atoms with Crippen molar-refractivity contribution in [3.8, 4) is 5.88 Å². The molecule has 3 aromatic heterocycles. The van der Waals surface area contributed by atoms with Gasteiger partial charge in [0.15, 0.2) is 16.9 Å². The molecule has 1 aromatic carbocycles. The molecule has 0 unspecified atom stereocenters. The van der Waals surface area contributed by atoms with Crippen molar-refractivity contribution >= 4 is 49.6 Å². The van der Waals surface area contributed by atoms with Gasteiger partial charge in [0.2, 0.25) is 5.88 Å². The molecule has 0 radical (unpaired) electrons. The Morgan fingerprint density at radius 2 is 2.11 bits per heavy atom. The van der Waals surface area contributed by atoms with E-state index in [-0.39, 0.29) is 35.2 Å². The van der Waals surface area contributed by atoms with Crippen LogP contribution < -0.4 is 11.2 Å². The minimum atomic E-state index is -0.580. The first kappa shape index (κ1) is 17.9. The van der Waals surface area contributed by atoms with Crippen LogP contribution in [0.5, 0.6) is 5.88 Å². The first-order valence-electron chi connectivity index (χ1n) is 8.13. The zero-order valence-corrected chi connectivity index (χ0v) is 16.2. The number of aromatic amines is 2. The lowest BCUT2D eigenvalue weighted by atomic mass is 10.2. The second-order valence-electron chi connectivity index (χ2n) is 6.01. The Kier molecular flexibility index (Phi) is 4.23. The van der Waals surface area contributed by atoms with Crippen LogP contribution in [0.4, 0.5) is 11.6 Å². The summed E-state index contributed by atoms with van der Waals surface area (Å²) in [6.07, 6.45) is 1.57. The average Bonchev–Trinajstić information content (AvgIpc) is 3.16. The normalized spacial score (nSPS) is 11.8. The molecule has 0 aliphatic heterocycles. The van der Waals surface area contributed by atoms with Crippen molar-refractivity contribution in [1.29, 1.82) is 0 Å². The molecule has 3 N–H and O–H groups in total. The quantitative estimate of drug-likeness (QED) is 0.330. The average molecular weight is 444 g/mol. The molecule has 3 heterocycles. The van der Waals surface area contributed by atoms with Crippen LogP contribution in [0.25, 0.3) is 22.1 Å². The molecule has 0 bridgehead atoms. The van der Waals surface area contributed by atoms with Crippen molar-refractivity contribution in [2.45, 2.75) is 6.54 Å². The summed E-state index contributed by atoms with van der Waals surface area (Å²) in [6.45, 7) is 3.91. The largest absolute Gasteiger partial charge is 0.493 e. The first-order chi connectivity index (χ1) is 13.4. The van der Waals surface area contributed by atoms with Gasteiger partial charge in [-0.15, -0.1) is 16.8 Å². The molecule has 0 aliphatic rings. The Morgan fingerprint density at radius 3 is 2.86 bits per heavy atom. The molecule has 4 aromatic rings. The Labute approximate surface area is 165 Å². The van der Waals surface area contributed by atoms with Crippen LogP contribution in [0.15, 0.2) is 55.1 Å². The number of allylic oxidation sites excluding steroid dienone is 1. The predicted octanol–water partition coefficient (Wildman–Crippen LogP) is 2.97. The number of hydrogen-bond acceptors (Lipinski definition) is 6. The number of imidazole rings is 1. The summed E-state index contributed by atoms with van der Waals surface area (Å²) in [6, 6.07) is 5.41. The zero-order valence-electron chi connectivity index (χ0n) is 14.6. The van der Waals surface area contributed by atoms with Crippen LogP contribution in [-0.2, 0) is 13.6 Å². The van der Waals surface area contributed by atoms with Gasteiger partial charge in [-0.25, -0.2) is 4.79 Å². The van der Waals surface area contributed by atoms with Gasteiger partial charge >= 0.3 is 5.69 Å². The van der Waals surface area contributed by atoms with Crippen LogP contribution in [0, 0.1) is 0 Å². The molecule has 0 fully saturated rings. The van der Waals surface area contributed by atoms with Gasteiger partial charge in [0, 0.05) is 23.5 Å². The van der Waals surface area contributed by atoms with Gasteiger partial charge in [-0.2, -0.15) is 4.98 Å². The number of H-pyrrole nitrogens is 2. The SMILES string of the molecule is C=CCn1c(N=Nc2c(O)[nH]c3ccc(Br)cc23)nc2c1c(=O)[nH]c(=O)n2C. The molecular formula is C17H14BrN7O3. The minimum absolute atomic E-state index is 0.102. The lowest BCUT2D eigenvalue weighted by Crippen LogP contribution is -2.29. The molecular weight excluding hydrogens is 430 g/mol. The fourth-order valence-corrected chi connectivity index (χ4v) is 3.29. The van der Waals surface area contributed by atoms with Gasteiger partial charge < -0.3 is 10.1 Å². The van der Waals surface area contributed by atoms with Crippen molar-refractivity contribution in [2.24, 2.45) is 17.3 Å². The van der Waals surface area contributed by atoms with E-state index in [0.29, 0.717) is 10.9 Å². The number of nitrogens with one attached hydrogen (secondary N) is 2. The lowest BCUT2D eigenvalue weighted by molar-refractivity contribution is 0.459. The molecule has 0 saturated carbocycles. The molecule has 0 atom stereocenters. The standard InChI is InChI=1S/C17H14BrN7O3/c1-3-6-25-12-13(24(2)17(28)21-15(12)27)20-16(25)23-22-11-9-7-8(18)4-5-10(9)19-14(11)26/h3-5,7,19,26H,1,6H2,2H3,(H,21,27,28). The molecule has 0 amide bonds. The maximum absolute atomic E-state index is 12.3. The van der Waals surface area contributed by atoms with Crippen molar-refractivity contribution in [3.05, 3.63) is 56.2 Å². The van der Waals surface area contributed by atoms with Crippen LogP contribution in [0.2, 0.25) is 0 Å². The topological polar surface area (TPSA) is 133 Å². The number of rotatable bonds is 4. The summed E-state index contributed by atoms with van der Waals surface area (Å²) in [5.41, 5.74) is 0.123. The van der Waals surface area contributed by atoms with Crippen molar-refractivity contribution < 1.29 is 5.11 Å². The molecule has 4 rings (SSSR count). The highest BCUT2D eigenvalue weighted by atomic mass is 79.9.